The molecule has 0 aliphatic carbocycles. The molecule has 0 N–H and O–H groups in total. The van der Waals surface area contributed by atoms with Crippen LogP contribution in [0.1, 0.15) is 52.4 Å². The maximum absolute atomic E-state index is 12.7. The van der Waals surface area contributed by atoms with Crippen molar-refractivity contribution >= 4 is 27.7 Å². The Kier molecular flexibility index (Phi) is 6.81. The first-order valence-electron chi connectivity index (χ1n) is 9.80. The monoisotopic (exact) mass is 411 g/mol. The van der Waals surface area contributed by atoms with Gasteiger partial charge in [0.1, 0.15) is 4.90 Å². The molecule has 2 aliphatic heterocycles. The molecule has 0 unspecified atom stereocenters. The SMILES string of the molecule is C[C@@H]1CCC[C@H](C)N1C(=O)CSc1ccc(S(=O)(=O)N2CCCCC2)cn1. The van der Waals surface area contributed by atoms with Crippen molar-refractivity contribution in [3.8, 4) is 0 Å². The molecule has 150 valence electrons. The molecule has 27 heavy (non-hydrogen) atoms. The highest BCUT2D eigenvalue weighted by Crippen LogP contribution is 2.26. The quantitative estimate of drug-likeness (QED) is 0.696. The number of thioether (sulfide) groups is 1. The van der Waals surface area contributed by atoms with Gasteiger partial charge in [0, 0.05) is 31.4 Å². The summed E-state index contributed by atoms with van der Waals surface area (Å²) < 4.78 is 26.9. The van der Waals surface area contributed by atoms with E-state index in [4.69, 9.17) is 0 Å². The predicted molar refractivity (Wildman–Crippen MR) is 107 cm³/mol. The topological polar surface area (TPSA) is 70.6 Å². The molecule has 0 spiro atoms. The summed E-state index contributed by atoms with van der Waals surface area (Å²) in [5.74, 6) is 0.464. The van der Waals surface area contributed by atoms with Gasteiger partial charge in [0.2, 0.25) is 15.9 Å². The first kappa shape index (κ1) is 20.6. The summed E-state index contributed by atoms with van der Waals surface area (Å²) in [6.45, 7) is 5.38. The number of piperidine rings is 2. The van der Waals surface area contributed by atoms with E-state index in [2.05, 4.69) is 18.8 Å². The minimum atomic E-state index is -3.46. The number of hydrogen-bond donors (Lipinski definition) is 0. The van der Waals surface area contributed by atoms with Gasteiger partial charge >= 0.3 is 0 Å². The van der Waals surface area contributed by atoms with Gasteiger partial charge < -0.3 is 4.90 Å². The second-order valence-corrected chi connectivity index (χ2v) is 10.4. The van der Waals surface area contributed by atoms with Crippen molar-refractivity contribution in [1.82, 2.24) is 14.2 Å². The fraction of sp³-hybridized carbons (Fsp3) is 0.684. The number of aromatic nitrogens is 1. The van der Waals surface area contributed by atoms with Gasteiger partial charge in [0.15, 0.2) is 0 Å². The van der Waals surface area contributed by atoms with E-state index in [1.807, 2.05) is 4.90 Å². The number of hydrogen-bond acceptors (Lipinski definition) is 5. The van der Waals surface area contributed by atoms with Gasteiger partial charge in [0.25, 0.3) is 0 Å². The molecule has 8 heteroatoms. The molecule has 1 aromatic rings. The van der Waals surface area contributed by atoms with E-state index < -0.39 is 10.0 Å². The van der Waals surface area contributed by atoms with Crippen molar-refractivity contribution in [3.63, 3.8) is 0 Å². The molecular weight excluding hydrogens is 382 g/mol. The number of sulfonamides is 1. The van der Waals surface area contributed by atoms with E-state index in [1.54, 1.807) is 16.4 Å². The highest BCUT2D eigenvalue weighted by Gasteiger charge is 2.29. The average molecular weight is 412 g/mol. The summed E-state index contributed by atoms with van der Waals surface area (Å²) in [6.07, 6.45) is 7.62. The summed E-state index contributed by atoms with van der Waals surface area (Å²) in [6, 6.07) is 3.88. The summed E-state index contributed by atoms with van der Waals surface area (Å²) in [7, 11) is -3.46. The zero-order valence-electron chi connectivity index (χ0n) is 16.1. The summed E-state index contributed by atoms with van der Waals surface area (Å²) >= 11 is 1.37. The molecule has 0 radical (unpaired) electrons. The number of likely N-dealkylation sites (tertiary alicyclic amines) is 1. The largest absolute Gasteiger partial charge is 0.337 e. The van der Waals surface area contributed by atoms with E-state index >= 15 is 0 Å². The van der Waals surface area contributed by atoms with E-state index in [-0.39, 0.29) is 22.9 Å². The van der Waals surface area contributed by atoms with Crippen molar-refractivity contribution in [2.24, 2.45) is 0 Å². The lowest BCUT2D eigenvalue weighted by Gasteiger charge is -2.39. The number of pyridine rings is 1. The third-order valence-corrected chi connectivity index (χ3v) is 8.30. The molecule has 2 aliphatic rings. The fourth-order valence-corrected chi connectivity index (χ4v) is 6.16. The van der Waals surface area contributed by atoms with Gasteiger partial charge in [-0.2, -0.15) is 4.31 Å². The lowest BCUT2D eigenvalue weighted by atomic mass is 9.98. The average Bonchev–Trinajstić information content (AvgIpc) is 2.67. The van der Waals surface area contributed by atoms with Crippen LogP contribution in [-0.4, -0.2) is 59.4 Å². The summed E-state index contributed by atoms with van der Waals surface area (Å²) in [4.78, 5) is 19.1. The fourth-order valence-electron chi connectivity index (χ4n) is 3.98. The zero-order valence-corrected chi connectivity index (χ0v) is 17.8. The molecule has 2 saturated heterocycles. The number of nitrogens with zero attached hydrogens (tertiary/aromatic N) is 3. The zero-order chi connectivity index (χ0) is 19.4. The first-order chi connectivity index (χ1) is 12.9. The van der Waals surface area contributed by atoms with Gasteiger partial charge in [-0.15, -0.1) is 0 Å². The Labute approximate surface area is 166 Å². The second-order valence-electron chi connectivity index (χ2n) is 7.52. The van der Waals surface area contributed by atoms with Gasteiger partial charge in [-0.1, -0.05) is 18.2 Å². The van der Waals surface area contributed by atoms with Crippen LogP contribution in [0.5, 0.6) is 0 Å². The number of amides is 1. The molecular formula is C19H29N3O3S2. The highest BCUT2D eigenvalue weighted by atomic mass is 32.2. The first-order valence-corrected chi connectivity index (χ1v) is 12.2. The molecule has 0 aromatic carbocycles. The van der Waals surface area contributed by atoms with E-state index in [1.165, 1.54) is 24.4 Å². The molecule has 0 bridgehead atoms. The minimum absolute atomic E-state index is 0.131. The van der Waals surface area contributed by atoms with Crippen molar-refractivity contribution in [2.45, 2.75) is 74.4 Å². The molecule has 1 aromatic heterocycles. The standard InChI is InChI=1S/C19H29N3O3S2/c1-15-7-6-8-16(2)22(15)19(23)14-26-18-10-9-17(13-20-18)27(24,25)21-11-4-3-5-12-21/h9-10,13,15-16H,3-8,11-12,14H2,1-2H3/t15-,16+. The molecule has 3 heterocycles. The van der Waals surface area contributed by atoms with Crippen LogP contribution < -0.4 is 0 Å². The van der Waals surface area contributed by atoms with E-state index in [0.29, 0.717) is 23.9 Å². The third-order valence-electron chi connectivity index (χ3n) is 5.49. The Hall–Kier alpha value is -1.12. The van der Waals surface area contributed by atoms with Crippen LogP contribution in [0.25, 0.3) is 0 Å². The van der Waals surface area contributed by atoms with Crippen LogP contribution in [0.3, 0.4) is 0 Å². The Morgan fingerprint density at radius 1 is 1.11 bits per heavy atom. The Bertz CT molecular complexity index is 736. The van der Waals surface area contributed by atoms with Gasteiger partial charge in [0.05, 0.1) is 10.8 Å². The van der Waals surface area contributed by atoms with Crippen molar-refractivity contribution in [3.05, 3.63) is 18.3 Å². The minimum Gasteiger partial charge on any atom is -0.337 e. The molecule has 3 rings (SSSR count). The van der Waals surface area contributed by atoms with Gasteiger partial charge in [-0.25, -0.2) is 13.4 Å². The van der Waals surface area contributed by atoms with E-state index in [0.717, 1.165) is 32.1 Å². The maximum Gasteiger partial charge on any atom is 0.244 e. The molecule has 0 saturated carbocycles. The van der Waals surface area contributed by atoms with Crippen LogP contribution in [-0.2, 0) is 14.8 Å². The van der Waals surface area contributed by atoms with Crippen LogP contribution in [0.2, 0.25) is 0 Å². The Morgan fingerprint density at radius 2 is 1.78 bits per heavy atom. The molecule has 1 amide bonds. The van der Waals surface area contributed by atoms with Gasteiger partial charge in [-0.3, -0.25) is 4.79 Å². The van der Waals surface area contributed by atoms with Gasteiger partial charge in [-0.05, 0) is 58.1 Å². The lowest BCUT2D eigenvalue weighted by Crippen LogP contribution is -2.48. The van der Waals surface area contributed by atoms with E-state index in [9.17, 15) is 13.2 Å². The third kappa shape index (κ3) is 4.84. The molecule has 2 atom stereocenters. The van der Waals surface area contributed by atoms with Crippen molar-refractivity contribution in [1.29, 1.82) is 0 Å². The maximum atomic E-state index is 12.7. The number of rotatable bonds is 5. The smallest absolute Gasteiger partial charge is 0.244 e. The lowest BCUT2D eigenvalue weighted by molar-refractivity contribution is -0.134. The van der Waals surface area contributed by atoms with Crippen LogP contribution in [0.15, 0.2) is 28.3 Å². The predicted octanol–water partition coefficient (Wildman–Crippen LogP) is 3.14. The van der Waals surface area contributed by atoms with Crippen molar-refractivity contribution < 1.29 is 13.2 Å². The van der Waals surface area contributed by atoms with Crippen LogP contribution in [0.4, 0.5) is 0 Å². The summed E-state index contributed by atoms with van der Waals surface area (Å²) in [5.41, 5.74) is 0. The molecule has 2 fully saturated rings. The normalized spacial score (nSPS) is 24.7. The van der Waals surface area contributed by atoms with Crippen LogP contribution in [0, 0.1) is 0 Å². The Balaban J connectivity index is 1.60. The Morgan fingerprint density at radius 3 is 2.37 bits per heavy atom. The molecule has 6 nitrogen and oxygen atoms in total. The van der Waals surface area contributed by atoms with Crippen molar-refractivity contribution in [2.75, 3.05) is 18.8 Å². The van der Waals surface area contributed by atoms with Crippen LogP contribution >= 0.6 is 11.8 Å². The highest BCUT2D eigenvalue weighted by molar-refractivity contribution is 7.99. The number of carbonyl (C=O) groups is 1. The number of carbonyl (C=O) groups excluding carboxylic acids is 1. The second kappa shape index (κ2) is 8.92. The summed E-state index contributed by atoms with van der Waals surface area (Å²) in [5, 5.41) is 0.679.